The van der Waals surface area contributed by atoms with E-state index < -0.39 is 0 Å². The standard InChI is InChI=1S/C23H27N5O/c1-15-7-8-19(12-21(15)25-14-20-6-4-5-11-24-20)23(29)27-22-16(2)13-26-28(22)17(3)18-9-10-18/h4-8,11-13,17-18,25H,9-10,14H2,1-3H3,(H,27,29). The second-order valence-electron chi connectivity index (χ2n) is 7.86. The molecular weight excluding hydrogens is 362 g/mol. The zero-order valence-corrected chi connectivity index (χ0v) is 17.1. The lowest BCUT2D eigenvalue weighted by Crippen LogP contribution is -2.19. The van der Waals surface area contributed by atoms with Crippen molar-refractivity contribution in [2.24, 2.45) is 5.92 Å². The highest BCUT2D eigenvalue weighted by Crippen LogP contribution is 2.40. The minimum atomic E-state index is -0.126. The Morgan fingerprint density at radius 2 is 2.03 bits per heavy atom. The first-order valence-corrected chi connectivity index (χ1v) is 10.1. The smallest absolute Gasteiger partial charge is 0.256 e. The fourth-order valence-corrected chi connectivity index (χ4v) is 3.51. The van der Waals surface area contributed by atoms with Gasteiger partial charge in [-0.3, -0.25) is 9.78 Å². The van der Waals surface area contributed by atoms with E-state index in [0.717, 1.165) is 28.3 Å². The minimum Gasteiger partial charge on any atom is -0.379 e. The van der Waals surface area contributed by atoms with Gasteiger partial charge in [0.1, 0.15) is 5.82 Å². The van der Waals surface area contributed by atoms with Crippen molar-refractivity contribution in [3.8, 4) is 0 Å². The number of rotatable bonds is 7. The summed E-state index contributed by atoms with van der Waals surface area (Å²) in [5, 5.41) is 11.0. The van der Waals surface area contributed by atoms with E-state index in [0.29, 0.717) is 24.1 Å². The minimum absolute atomic E-state index is 0.126. The summed E-state index contributed by atoms with van der Waals surface area (Å²) in [4.78, 5) is 17.3. The number of nitrogens with one attached hydrogen (secondary N) is 2. The van der Waals surface area contributed by atoms with Crippen LogP contribution in [0.2, 0.25) is 0 Å². The van der Waals surface area contributed by atoms with Gasteiger partial charge in [0.25, 0.3) is 5.91 Å². The van der Waals surface area contributed by atoms with Crippen LogP contribution < -0.4 is 10.6 Å². The van der Waals surface area contributed by atoms with Gasteiger partial charge in [-0.05, 0) is 69.4 Å². The highest BCUT2D eigenvalue weighted by molar-refractivity contribution is 6.04. The zero-order valence-electron chi connectivity index (χ0n) is 17.1. The molecule has 0 spiro atoms. The Balaban J connectivity index is 1.50. The SMILES string of the molecule is Cc1ccc(C(=O)Nc2c(C)cnn2C(C)C2CC2)cc1NCc1ccccn1. The number of aryl methyl sites for hydroxylation is 2. The molecule has 0 radical (unpaired) electrons. The van der Waals surface area contributed by atoms with E-state index in [9.17, 15) is 4.79 Å². The molecule has 1 fully saturated rings. The number of nitrogens with zero attached hydrogens (tertiary/aromatic N) is 3. The lowest BCUT2D eigenvalue weighted by atomic mass is 10.1. The van der Waals surface area contributed by atoms with Crippen molar-refractivity contribution in [2.45, 2.75) is 46.2 Å². The lowest BCUT2D eigenvalue weighted by molar-refractivity contribution is 0.102. The Hall–Kier alpha value is -3.15. The molecule has 1 aliphatic rings. The monoisotopic (exact) mass is 389 g/mol. The zero-order chi connectivity index (χ0) is 20.4. The molecule has 2 aromatic heterocycles. The Morgan fingerprint density at radius 1 is 1.21 bits per heavy atom. The molecule has 0 saturated heterocycles. The summed E-state index contributed by atoms with van der Waals surface area (Å²) < 4.78 is 1.96. The number of pyridine rings is 1. The molecule has 0 aliphatic heterocycles. The van der Waals surface area contributed by atoms with E-state index in [1.165, 1.54) is 12.8 Å². The number of carbonyl (C=O) groups excluding carboxylic acids is 1. The second kappa shape index (κ2) is 8.07. The van der Waals surface area contributed by atoms with Crippen LogP contribution >= 0.6 is 0 Å². The maximum atomic E-state index is 13.0. The van der Waals surface area contributed by atoms with Crippen molar-refractivity contribution in [2.75, 3.05) is 10.6 Å². The quantitative estimate of drug-likeness (QED) is 0.613. The number of hydrogen-bond acceptors (Lipinski definition) is 4. The average Bonchev–Trinajstić information content (AvgIpc) is 3.52. The molecule has 6 nitrogen and oxygen atoms in total. The predicted octanol–water partition coefficient (Wildman–Crippen LogP) is 4.73. The van der Waals surface area contributed by atoms with Gasteiger partial charge < -0.3 is 10.6 Å². The summed E-state index contributed by atoms with van der Waals surface area (Å²) >= 11 is 0. The largest absolute Gasteiger partial charge is 0.379 e. The molecule has 3 aromatic rings. The van der Waals surface area contributed by atoms with Crippen molar-refractivity contribution >= 4 is 17.4 Å². The first-order chi connectivity index (χ1) is 14.0. The van der Waals surface area contributed by atoms with Crippen LogP contribution in [0.3, 0.4) is 0 Å². The van der Waals surface area contributed by atoms with Crippen LogP contribution in [0, 0.1) is 19.8 Å². The molecule has 0 bridgehead atoms. The van der Waals surface area contributed by atoms with Gasteiger partial charge in [0.15, 0.2) is 0 Å². The molecule has 1 saturated carbocycles. The lowest BCUT2D eigenvalue weighted by Gasteiger charge is -2.17. The van der Waals surface area contributed by atoms with Gasteiger partial charge in [-0.15, -0.1) is 0 Å². The van der Waals surface area contributed by atoms with Gasteiger partial charge in [0.05, 0.1) is 24.5 Å². The van der Waals surface area contributed by atoms with Gasteiger partial charge in [0, 0.05) is 23.0 Å². The summed E-state index contributed by atoms with van der Waals surface area (Å²) in [6.45, 7) is 6.79. The molecule has 2 heterocycles. The normalized spacial score (nSPS) is 14.4. The van der Waals surface area contributed by atoms with E-state index in [-0.39, 0.29) is 5.91 Å². The number of hydrogen-bond donors (Lipinski definition) is 2. The Bertz CT molecular complexity index is 1010. The van der Waals surface area contributed by atoms with E-state index in [1.54, 1.807) is 6.20 Å². The number of carbonyl (C=O) groups is 1. The Kier molecular flexibility index (Phi) is 5.34. The maximum Gasteiger partial charge on any atom is 0.256 e. The van der Waals surface area contributed by atoms with Crippen LogP contribution in [0.15, 0.2) is 48.8 Å². The van der Waals surface area contributed by atoms with Crippen LogP contribution in [0.5, 0.6) is 0 Å². The molecule has 150 valence electrons. The highest BCUT2D eigenvalue weighted by atomic mass is 16.1. The summed E-state index contributed by atoms with van der Waals surface area (Å²) in [5.41, 5.74) is 4.56. The van der Waals surface area contributed by atoms with Crippen LogP contribution in [0.4, 0.5) is 11.5 Å². The van der Waals surface area contributed by atoms with Crippen LogP contribution in [-0.4, -0.2) is 20.7 Å². The Morgan fingerprint density at radius 3 is 2.76 bits per heavy atom. The van der Waals surface area contributed by atoms with Gasteiger partial charge >= 0.3 is 0 Å². The first-order valence-electron chi connectivity index (χ1n) is 10.1. The van der Waals surface area contributed by atoms with Gasteiger partial charge in [0.2, 0.25) is 0 Å². The number of amides is 1. The summed E-state index contributed by atoms with van der Waals surface area (Å²) in [6.07, 6.45) is 6.07. The van der Waals surface area contributed by atoms with Crippen molar-refractivity contribution in [3.05, 3.63) is 71.2 Å². The maximum absolute atomic E-state index is 13.0. The van der Waals surface area contributed by atoms with E-state index in [4.69, 9.17) is 0 Å². The van der Waals surface area contributed by atoms with Crippen LogP contribution in [0.1, 0.15) is 53.0 Å². The van der Waals surface area contributed by atoms with E-state index in [2.05, 4.69) is 27.6 Å². The molecule has 1 unspecified atom stereocenters. The molecule has 1 amide bonds. The van der Waals surface area contributed by atoms with Gasteiger partial charge in [-0.2, -0.15) is 5.10 Å². The summed E-state index contributed by atoms with van der Waals surface area (Å²) in [7, 11) is 0. The van der Waals surface area contributed by atoms with E-state index >= 15 is 0 Å². The molecule has 29 heavy (non-hydrogen) atoms. The second-order valence-corrected chi connectivity index (χ2v) is 7.86. The van der Waals surface area contributed by atoms with Crippen molar-refractivity contribution in [1.29, 1.82) is 0 Å². The van der Waals surface area contributed by atoms with Gasteiger partial charge in [-0.1, -0.05) is 12.1 Å². The molecule has 1 aromatic carbocycles. The molecule has 1 atom stereocenters. The summed E-state index contributed by atoms with van der Waals surface area (Å²) in [6, 6.07) is 11.9. The molecule has 6 heteroatoms. The predicted molar refractivity (Wildman–Crippen MR) is 115 cm³/mol. The summed E-state index contributed by atoms with van der Waals surface area (Å²) in [5.74, 6) is 1.32. The molecule has 2 N–H and O–H groups in total. The third-order valence-corrected chi connectivity index (χ3v) is 5.59. The molecule has 1 aliphatic carbocycles. The van der Waals surface area contributed by atoms with Crippen LogP contribution in [0.25, 0.3) is 0 Å². The van der Waals surface area contributed by atoms with Crippen molar-refractivity contribution < 1.29 is 4.79 Å². The number of anilines is 2. The first kappa shape index (κ1) is 19.2. The fraction of sp³-hybridized carbons (Fsp3) is 0.348. The third kappa shape index (κ3) is 4.31. The number of aromatic nitrogens is 3. The topological polar surface area (TPSA) is 71.8 Å². The highest BCUT2D eigenvalue weighted by Gasteiger charge is 2.31. The number of benzene rings is 1. The van der Waals surface area contributed by atoms with Crippen molar-refractivity contribution in [3.63, 3.8) is 0 Å². The fourth-order valence-electron chi connectivity index (χ4n) is 3.51. The van der Waals surface area contributed by atoms with Crippen molar-refractivity contribution in [1.82, 2.24) is 14.8 Å². The molecule has 4 rings (SSSR count). The van der Waals surface area contributed by atoms with E-state index in [1.807, 2.05) is 61.1 Å². The third-order valence-electron chi connectivity index (χ3n) is 5.59. The van der Waals surface area contributed by atoms with Gasteiger partial charge in [-0.25, -0.2) is 4.68 Å². The van der Waals surface area contributed by atoms with Crippen LogP contribution in [-0.2, 0) is 6.54 Å². The Labute approximate surface area is 171 Å². The molecular formula is C23H27N5O. The average molecular weight is 390 g/mol.